The zero-order valence-corrected chi connectivity index (χ0v) is 15.7. The van der Waals surface area contributed by atoms with Crippen molar-refractivity contribution in [1.29, 1.82) is 0 Å². The first-order valence-electron chi connectivity index (χ1n) is 8.43. The maximum atomic E-state index is 11.3. The van der Waals surface area contributed by atoms with E-state index in [9.17, 15) is 4.79 Å². The molecule has 0 fully saturated rings. The second kappa shape index (κ2) is 8.45. The van der Waals surface area contributed by atoms with Crippen LogP contribution in [-0.2, 0) is 19.5 Å². The van der Waals surface area contributed by atoms with Gasteiger partial charge in [-0.05, 0) is 32.0 Å². The summed E-state index contributed by atoms with van der Waals surface area (Å²) < 4.78 is 2.03. The largest absolute Gasteiger partial charge is 0.323 e. The molecule has 4 nitrogen and oxygen atoms in total. The summed E-state index contributed by atoms with van der Waals surface area (Å²) in [4.78, 5) is 17.8. The number of aryl methyl sites for hydroxylation is 1. The van der Waals surface area contributed by atoms with Gasteiger partial charge in [0.05, 0.1) is 12.7 Å². The zero-order valence-electron chi connectivity index (χ0n) is 14.9. The highest BCUT2D eigenvalue weighted by Gasteiger charge is 2.23. The standard InChI is InChI=1S/C10H15N3O.C9H11Cl/c1-7-5-13-9(8(2)14)4-11-10(13)6-12(7)3;1-2-5-8-6-3-4-7-9(8)10/h4,7H,5-6H2,1-3H3;3-4,6-7H,2,5H2,1H3. The van der Waals surface area contributed by atoms with Gasteiger partial charge >= 0.3 is 0 Å². The summed E-state index contributed by atoms with van der Waals surface area (Å²) in [5, 5.41) is 0.893. The number of rotatable bonds is 3. The Morgan fingerprint density at radius 1 is 1.38 bits per heavy atom. The third kappa shape index (κ3) is 4.46. The molecule has 2 aromatic rings. The molecule has 3 rings (SSSR count). The molecule has 0 aliphatic carbocycles. The molecule has 1 aliphatic heterocycles. The molecule has 0 bridgehead atoms. The fraction of sp³-hybridized carbons (Fsp3) is 0.474. The van der Waals surface area contributed by atoms with Crippen molar-refractivity contribution >= 4 is 17.4 Å². The lowest BCUT2D eigenvalue weighted by Gasteiger charge is -2.31. The Hall–Kier alpha value is -1.65. The fourth-order valence-corrected chi connectivity index (χ4v) is 3.01. The normalized spacial score (nSPS) is 17.0. The number of nitrogens with zero attached hydrogens (tertiary/aromatic N) is 3. The van der Waals surface area contributed by atoms with E-state index in [2.05, 4.69) is 36.8 Å². The molecular formula is C19H26ClN3O. The van der Waals surface area contributed by atoms with Crippen molar-refractivity contribution in [2.75, 3.05) is 7.05 Å². The monoisotopic (exact) mass is 347 g/mol. The van der Waals surface area contributed by atoms with Crippen molar-refractivity contribution in [3.63, 3.8) is 0 Å². The third-order valence-electron chi connectivity index (χ3n) is 4.37. The van der Waals surface area contributed by atoms with Crippen LogP contribution in [0.25, 0.3) is 0 Å². The minimum Gasteiger partial charge on any atom is -0.323 e. The van der Waals surface area contributed by atoms with E-state index in [1.165, 1.54) is 5.56 Å². The van der Waals surface area contributed by atoms with Crippen LogP contribution in [0.4, 0.5) is 0 Å². The molecular weight excluding hydrogens is 322 g/mol. The summed E-state index contributed by atoms with van der Waals surface area (Å²) in [5.41, 5.74) is 1.99. The number of hydrogen-bond donors (Lipinski definition) is 0. The topological polar surface area (TPSA) is 38.1 Å². The van der Waals surface area contributed by atoms with Gasteiger partial charge in [-0.3, -0.25) is 9.69 Å². The number of aromatic nitrogens is 2. The second-order valence-electron chi connectivity index (χ2n) is 6.33. The van der Waals surface area contributed by atoms with Crippen LogP contribution in [0.15, 0.2) is 30.5 Å². The smallest absolute Gasteiger partial charge is 0.177 e. The van der Waals surface area contributed by atoms with Gasteiger partial charge < -0.3 is 4.57 Å². The van der Waals surface area contributed by atoms with Gasteiger partial charge in [-0.2, -0.15) is 0 Å². The van der Waals surface area contributed by atoms with Gasteiger partial charge in [-0.25, -0.2) is 4.98 Å². The first-order chi connectivity index (χ1) is 11.4. The highest BCUT2D eigenvalue weighted by molar-refractivity contribution is 6.31. The molecule has 0 N–H and O–H groups in total. The van der Waals surface area contributed by atoms with Crippen LogP contribution in [0.3, 0.4) is 0 Å². The number of Topliss-reactive ketones (excluding diaryl/α,β-unsaturated/α-hetero) is 1. The maximum Gasteiger partial charge on any atom is 0.177 e. The number of ketones is 1. The zero-order chi connectivity index (χ0) is 17.7. The summed E-state index contributed by atoms with van der Waals surface area (Å²) in [7, 11) is 2.08. The number of halogens is 1. The predicted octanol–water partition coefficient (Wildman–Crippen LogP) is 4.21. The van der Waals surface area contributed by atoms with E-state index in [0.29, 0.717) is 6.04 Å². The second-order valence-corrected chi connectivity index (χ2v) is 6.74. The van der Waals surface area contributed by atoms with Gasteiger partial charge in [0.25, 0.3) is 0 Å². The summed E-state index contributed by atoms with van der Waals surface area (Å²) in [6.07, 6.45) is 3.92. The van der Waals surface area contributed by atoms with Gasteiger partial charge in [-0.15, -0.1) is 0 Å². The minimum absolute atomic E-state index is 0.0977. The average molecular weight is 348 g/mol. The van der Waals surface area contributed by atoms with Crippen molar-refractivity contribution in [2.45, 2.75) is 52.7 Å². The van der Waals surface area contributed by atoms with Crippen LogP contribution >= 0.6 is 11.6 Å². The van der Waals surface area contributed by atoms with E-state index in [1.54, 1.807) is 13.1 Å². The molecule has 5 heteroatoms. The van der Waals surface area contributed by atoms with Gasteiger partial charge in [0.15, 0.2) is 5.78 Å². The van der Waals surface area contributed by atoms with Gasteiger partial charge in [0.1, 0.15) is 11.5 Å². The van der Waals surface area contributed by atoms with Crippen molar-refractivity contribution in [2.24, 2.45) is 0 Å². The van der Waals surface area contributed by atoms with Crippen LogP contribution in [-0.4, -0.2) is 33.3 Å². The number of imidazole rings is 1. The number of fused-ring (bicyclic) bond motifs is 1. The van der Waals surface area contributed by atoms with E-state index < -0.39 is 0 Å². The van der Waals surface area contributed by atoms with Crippen LogP contribution in [0.5, 0.6) is 0 Å². The van der Waals surface area contributed by atoms with Crippen molar-refractivity contribution in [3.8, 4) is 0 Å². The first kappa shape index (κ1) is 18.7. The number of benzene rings is 1. The van der Waals surface area contributed by atoms with Crippen LogP contribution in [0.1, 0.15) is 49.1 Å². The third-order valence-corrected chi connectivity index (χ3v) is 4.73. The Kier molecular flexibility index (Phi) is 6.58. The predicted molar refractivity (Wildman–Crippen MR) is 98.6 cm³/mol. The molecule has 0 saturated heterocycles. The highest BCUT2D eigenvalue weighted by Crippen LogP contribution is 2.17. The summed E-state index contributed by atoms with van der Waals surface area (Å²) in [6, 6.07) is 8.46. The Morgan fingerprint density at radius 3 is 2.71 bits per heavy atom. The summed E-state index contributed by atoms with van der Waals surface area (Å²) in [6.45, 7) is 7.60. The molecule has 1 aromatic carbocycles. The average Bonchev–Trinajstić information content (AvgIpc) is 2.94. The number of carbonyl (C=O) groups is 1. The molecule has 24 heavy (non-hydrogen) atoms. The molecule has 1 unspecified atom stereocenters. The Balaban J connectivity index is 0.000000185. The molecule has 0 spiro atoms. The molecule has 1 aromatic heterocycles. The minimum atomic E-state index is 0.0977. The maximum absolute atomic E-state index is 11.3. The van der Waals surface area contributed by atoms with Gasteiger partial charge in [0, 0.05) is 24.5 Å². The summed E-state index contributed by atoms with van der Waals surface area (Å²) in [5.74, 6) is 1.09. The van der Waals surface area contributed by atoms with Crippen molar-refractivity contribution in [3.05, 3.63) is 52.6 Å². The van der Waals surface area contributed by atoms with E-state index in [4.69, 9.17) is 11.6 Å². The Bertz CT molecular complexity index is 696. The van der Waals surface area contributed by atoms with Crippen LogP contribution in [0, 0.1) is 0 Å². The van der Waals surface area contributed by atoms with Gasteiger partial charge in [0.2, 0.25) is 0 Å². The van der Waals surface area contributed by atoms with E-state index in [1.807, 2.05) is 22.8 Å². The van der Waals surface area contributed by atoms with Crippen molar-refractivity contribution < 1.29 is 4.79 Å². The van der Waals surface area contributed by atoms with Gasteiger partial charge in [-0.1, -0.05) is 43.1 Å². The summed E-state index contributed by atoms with van der Waals surface area (Å²) >= 11 is 5.90. The molecule has 2 heterocycles. The van der Waals surface area contributed by atoms with E-state index in [-0.39, 0.29) is 5.78 Å². The lowest BCUT2D eigenvalue weighted by Crippen LogP contribution is -2.39. The molecule has 0 amide bonds. The SMILES string of the molecule is CC(=O)c1cnc2n1CC(C)N(C)C2.CCCc1ccccc1Cl. The van der Waals surface area contributed by atoms with E-state index in [0.717, 1.165) is 42.5 Å². The van der Waals surface area contributed by atoms with Crippen LogP contribution in [0.2, 0.25) is 5.02 Å². The van der Waals surface area contributed by atoms with E-state index >= 15 is 0 Å². The Morgan fingerprint density at radius 2 is 2.08 bits per heavy atom. The Labute approximate surface area is 149 Å². The molecule has 0 saturated carbocycles. The number of hydrogen-bond acceptors (Lipinski definition) is 3. The lowest BCUT2D eigenvalue weighted by molar-refractivity contribution is 0.0997. The molecule has 130 valence electrons. The quantitative estimate of drug-likeness (QED) is 0.780. The molecule has 0 radical (unpaired) electrons. The number of likely N-dealkylation sites (N-methyl/N-ethyl adjacent to an activating group) is 1. The molecule has 1 atom stereocenters. The number of carbonyl (C=O) groups excluding carboxylic acids is 1. The van der Waals surface area contributed by atoms with Crippen molar-refractivity contribution in [1.82, 2.24) is 14.5 Å². The van der Waals surface area contributed by atoms with Crippen LogP contribution < -0.4 is 0 Å². The highest BCUT2D eigenvalue weighted by atomic mass is 35.5. The molecule has 1 aliphatic rings. The lowest BCUT2D eigenvalue weighted by atomic mass is 10.1. The first-order valence-corrected chi connectivity index (χ1v) is 8.80. The fourth-order valence-electron chi connectivity index (χ4n) is 2.78.